The molecule has 0 saturated carbocycles. The molecule has 1 aromatic carbocycles. The van der Waals surface area contributed by atoms with Gasteiger partial charge in [0.2, 0.25) is 5.28 Å². The smallest absolute Gasteiger partial charge is 0.224 e. The number of hydrogen-bond acceptors (Lipinski definition) is 4. The second-order valence-corrected chi connectivity index (χ2v) is 6.82. The number of halogens is 1. The van der Waals surface area contributed by atoms with E-state index in [4.69, 9.17) is 11.6 Å². The van der Waals surface area contributed by atoms with Crippen LogP contribution < -0.4 is 4.90 Å². The van der Waals surface area contributed by atoms with Crippen LogP contribution in [0.3, 0.4) is 0 Å². The van der Waals surface area contributed by atoms with Gasteiger partial charge in [0, 0.05) is 37.9 Å². The van der Waals surface area contributed by atoms with Crippen LogP contribution in [0.4, 0.5) is 5.82 Å². The van der Waals surface area contributed by atoms with Crippen LogP contribution in [0, 0.1) is 0 Å². The molecule has 4 nitrogen and oxygen atoms in total. The van der Waals surface area contributed by atoms with Crippen LogP contribution in [0.25, 0.3) is 0 Å². The van der Waals surface area contributed by atoms with Crippen LogP contribution in [-0.4, -0.2) is 40.0 Å². The van der Waals surface area contributed by atoms with Crippen LogP contribution in [0.5, 0.6) is 0 Å². The van der Waals surface area contributed by atoms with Crippen molar-refractivity contribution in [3.05, 3.63) is 53.4 Å². The third kappa shape index (κ3) is 3.19. The molecule has 2 aliphatic heterocycles. The molecular formula is C18H21ClN4. The highest BCUT2D eigenvalue weighted by Gasteiger charge is 2.37. The molecule has 0 amide bonds. The maximum atomic E-state index is 5.96. The Labute approximate surface area is 142 Å². The van der Waals surface area contributed by atoms with Gasteiger partial charge in [-0.2, -0.15) is 0 Å². The van der Waals surface area contributed by atoms with E-state index in [1.807, 2.05) is 6.07 Å². The van der Waals surface area contributed by atoms with E-state index in [9.17, 15) is 0 Å². The molecule has 4 rings (SSSR count). The van der Waals surface area contributed by atoms with Crippen LogP contribution in [-0.2, 0) is 6.54 Å². The predicted octanol–water partition coefficient (Wildman–Crippen LogP) is 3.37. The van der Waals surface area contributed by atoms with Crippen molar-refractivity contribution in [1.29, 1.82) is 0 Å². The lowest BCUT2D eigenvalue weighted by molar-refractivity contribution is 0.0578. The molecule has 1 aromatic heterocycles. The molecule has 0 spiro atoms. The summed E-state index contributed by atoms with van der Waals surface area (Å²) in [6.45, 7) is 3.10. The maximum absolute atomic E-state index is 5.96. The number of piperazine rings is 1. The van der Waals surface area contributed by atoms with Gasteiger partial charge in [-0.15, -0.1) is 0 Å². The molecule has 5 heteroatoms. The topological polar surface area (TPSA) is 32.3 Å². The van der Waals surface area contributed by atoms with Crippen molar-refractivity contribution < 1.29 is 0 Å². The first-order valence-electron chi connectivity index (χ1n) is 8.33. The van der Waals surface area contributed by atoms with Gasteiger partial charge in [-0.1, -0.05) is 36.8 Å². The number of nitrogens with zero attached hydrogens (tertiary/aromatic N) is 4. The first-order chi connectivity index (χ1) is 11.3. The summed E-state index contributed by atoms with van der Waals surface area (Å²) in [5, 5.41) is 0.333. The molecule has 2 aliphatic rings. The van der Waals surface area contributed by atoms with Crippen molar-refractivity contribution in [2.75, 3.05) is 18.0 Å². The van der Waals surface area contributed by atoms with E-state index in [1.54, 1.807) is 6.20 Å². The molecule has 3 heterocycles. The number of fused-ring (bicyclic) bond motifs is 2. The highest BCUT2D eigenvalue weighted by Crippen LogP contribution is 2.32. The Hall–Kier alpha value is -1.65. The van der Waals surface area contributed by atoms with Gasteiger partial charge in [0.25, 0.3) is 0 Å². The third-order valence-corrected chi connectivity index (χ3v) is 5.20. The Morgan fingerprint density at radius 3 is 2.48 bits per heavy atom. The lowest BCUT2D eigenvalue weighted by atomic mass is 9.90. The van der Waals surface area contributed by atoms with Gasteiger partial charge in [-0.3, -0.25) is 4.90 Å². The first-order valence-corrected chi connectivity index (χ1v) is 8.70. The summed E-state index contributed by atoms with van der Waals surface area (Å²) in [5.74, 6) is 0.960. The van der Waals surface area contributed by atoms with E-state index in [2.05, 4.69) is 50.1 Å². The standard InChI is InChI=1S/C18H21ClN4/c19-18-20-10-9-17(21-18)22-12-15-7-4-8-16(13-22)23(15)11-14-5-2-1-3-6-14/h1-3,5-6,9-10,15-16H,4,7-8,11-13H2/t15-,16+. The quantitative estimate of drug-likeness (QED) is 0.809. The Kier molecular flexibility index (Phi) is 4.19. The van der Waals surface area contributed by atoms with E-state index < -0.39 is 0 Å². The number of benzene rings is 1. The van der Waals surface area contributed by atoms with Crippen molar-refractivity contribution in [2.45, 2.75) is 37.9 Å². The van der Waals surface area contributed by atoms with Gasteiger partial charge in [0.05, 0.1) is 0 Å². The Bertz CT molecular complexity index is 649. The van der Waals surface area contributed by atoms with Gasteiger partial charge in [-0.25, -0.2) is 9.97 Å². The largest absolute Gasteiger partial charge is 0.353 e. The van der Waals surface area contributed by atoms with Crippen molar-refractivity contribution in [3.8, 4) is 0 Å². The van der Waals surface area contributed by atoms with Crippen LogP contribution >= 0.6 is 11.6 Å². The SMILES string of the molecule is Clc1nccc(N2C[C@H]3CCC[C@@H](C2)N3Cc2ccccc2)n1. The minimum absolute atomic E-state index is 0.333. The average molecular weight is 329 g/mol. The minimum Gasteiger partial charge on any atom is -0.353 e. The summed E-state index contributed by atoms with van der Waals surface area (Å²) in [6, 6.07) is 14.0. The molecular weight excluding hydrogens is 308 g/mol. The molecule has 2 atom stereocenters. The molecule has 0 radical (unpaired) electrons. The van der Waals surface area contributed by atoms with Crippen molar-refractivity contribution >= 4 is 17.4 Å². The molecule has 2 bridgehead atoms. The molecule has 0 aliphatic carbocycles. The van der Waals surface area contributed by atoms with Gasteiger partial charge < -0.3 is 4.90 Å². The van der Waals surface area contributed by atoms with Crippen LogP contribution in [0.15, 0.2) is 42.6 Å². The molecule has 2 aromatic rings. The number of aromatic nitrogens is 2. The zero-order chi connectivity index (χ0) is 15.6. The fraction of sp³-hybridized carbons (Fsp3) is 0.444. The number of piperidine rings is 1. The molecule has 120 valence electrons. The predicted molar refractivity (Wildman–Crippen MR) is 92.7 cm³/mol. The molecule has 2 fully saturated rings. The van der Waals surface area contributed by atoms with E-state index in [0.717, 1.165) is 25.5 Å². The molecule has 0 N–H and O–H groups in total. The second-order valence-electron chi connectivity index (χ2n) is 6.49. The van der Waals surface area contributed by atoms with E-state index in [1.165, 1.54) is 24.8 Å². The summed E-state index contributed by atoms with van der Waals surface area (Å²) in [4.78, 5) is 13.5. The number of hydrogen-bond donors (Lipinski definition) is 0. The highest BCUT2D eigenvalue weighted by molar-refractivity contribution is 6.28. The second kappa shape index (κ2) is 6.46. The number of rotatable bonds is 3. The summed E-state index contributed by atoms with van der Waals surface area (Å²) in [6.07, 6.45) is 5.60. The molecule has 23 heavy (non-hydrogen) atoms. The lowest BCUT2D eigenvalue weighted by Crippen LogP contribution is -2.60. The van der Waals surface area contributed by atoms with E-state index in [-0.39, 0.29) is 0 Å². The van der Waals surface area contributed by atoms with E-state index in [0.29, 0.717) is 17.4 Å². The van der Waals surface area contributed by atoms with Gasteiger partial charge in [0.1, 0.15) is 5.82 Å². The van der Waals surface area contributed by atoms with Gasteiger partial charge in [0.15, 0.2) is 0 Å². The first kappa shape index (κ1) is 14.9. The van der Waals surface area contributed by atoms with Crippen molar-refractivity contribution in [3.63, 3.8) is 0 Å². The van der Waals surface area contributed by atoms with Crippen molar-refractivity contribution in [2.24, 2.45) is 0 Å². The summed E-state index contributed by atoms with van der Waals surface area (Å²) in [5.41, 5.74) is 1.41. The third-order valence-electron chi connectivity index (χ3n) is 5.02. The zero-order valence-electron chi connectivity index (χ0n) is 13.1. The maximum Gasteiger partial charge on any atom is 0.224 e. The summed E-state index contributed by atoms with van der Waals surface area (Å²) >= 11 is 5.96. The summed E-state index contributed by atoms with van der Waals surface area (Å²) in [7, 11) is 0. The zero-order valence-corrected chi connectivity index (χ0v) is 13.9. The van der Waals surface area contributed by atoms with Crippen LogP contribution in [0.1, 0.15) is 24.8 Å². The Morgan fingerprint density at radius 2 is 1.78 bits per heavy atom. The lowest BCUT2D eigenvalue weighted by Gasteiger charge is -2.50. The average Bonchev–Trinajstić information content (AvgIpc) is 2.55. The van der Waals surface area contributed by atoms with Gasteiger partial charge >= 0.3 is 0 Å². The fourth-order valence-electron chi connectivity index (χ4n) is 3.94. The Balaban J connectivity index is 1.53. The summed E-state index contributed by atoms with van der Waals surface area (Å²) < 4.78 is 0. The molecule has 0 unspecified atom stereocenters. The van der Waals surface area contributed by atoms with Crippen LogP contribution in [0.2, 0.25) is 5.28 Å². The highest BCUT2D eigenvalue weighted by atomic mass is 35.5. The van der Waals surface area contributed by atoms with Gasteiger partial charge in [-0.05, 0) is 36.1 Å². The molecule has 2 saturated heterocycles. The number of anilines is 1. The minimum atomic E-state index is 0.333. The Morgan fingerprint density at radius 1 is 1.04 bits per heavy atom. The monoisotopic (exact) mass is 328 g/mol. The fourth-order valence-corrected chi connectivity index (χ4v) is 4.08. The van der Waals surface area contributed by atoms with E-state index >= 15 is 0 Å². The van der Waals surface area contributed by atoms with Crippen molar-refractivity contribution in [1.82, 2.24) is 14.9 Å². The normalized spacial score (nSPS) is 24.7.